The van der Waals surface area contributed by atoms with Crippen LogP contribution in [0.3, 0.4) is 0 Å². The van der Waals surface area contributed by atoms with Crippen LogP contribution in [0.4, 0.5) is 0 Å². The smallest absolute Gasteiger partial charge is 0.219 e. The highest BCUT2D eigenvalue weighted by Gasteiger charge is 2.53. The van der Waals surface area contributed by atoms with Crippen molar-refractivity contribution in [3.8, 4) is 5.75 Å². The lowest BCUT2D eigenvalue weighted by Gasteiger charge is -2.54. The number of benzene rings is 1. The molecule has 2 saturated heterocycles. The fourth-order valence-electron chi connectivity index (χ4n) is 4.47. The van der Waals surface area contributed by atoms with Gasteiger partial charge in [-0.3, -0.25) is 9.69 Å². The van der Waals surface area contributed by atoms with Gasteiger partial charge in [0.2, 0.25) is 5.91 Å². The van der Waals surface area contributed by atoms with Crippen molar-refractivity contribution in [1.82, 2.24) is 9.80 Å². The second kappa shape index (κ2) is 6.61. The van der Waals surface area contributed by atoms with E-state index >= 15 is 0 Å². The van der Waals surface area contributed by atoms with Gasteiger partial charge in [0, 0.05) is 32.1 Å². The molecule has 5 nitrogen and oxygen atoms in total. The molecular formula is C20H28N2O3. The van der Waals surface area contributed by atoms with Gasteiger partial charge in [-0.2, -0.15) is 0 Å². The van der Waals surface area contributed by atoms with E-state index in [1.807, 2.05) is 4.90 Å². The summed E-state index contributed by atoms with van der Waals surface area (Å²) in [7, 11) is 1.70. The minimum Gasteiger partial charge on any atom is -0.497 e. The summed E-state index contributed by atoms with van der Waals surface area (Å²) in [5, 5.41) is 0. The largest absolute Gasteiger partial charge is 0.497 e. The summed E-state index contributed by atoms with van der Waals surface area (Å²) in [5.74, 6) is 1.10. The Morgan fingerprint density at radius 2 is 1.72 bits per heavy atom. The minimum absolute atomic E-state index is 0.00347. The Bertz CT molecular complexity index is 614. The SMILES string of the molecule is COc1ccc(C2(N(C3CC3)C3CCN(C(C)=O)CC3)COC2)cc1. The van der Waals surface area contributed by atoms with E-state index < -0.39 is 0 Å². The van der Waals surface area contributed by atoms with E-state index in [0.717, 1.165) is 44.9 Å². The first kappa shape index (κ1) is 16.9. The van der Waals surface area contributed by atoms with E-state index in [-0.39, 0.29) is 11.4 Å². The molecule has 3 fully saturated rings. The number of carbonyl (C=O) groups excluding carboxylic acids is 1. The summed E-state index contributed by atoms with van der Waals surface area (Å²) in [6, 6.07) is 9.70. The van der Waals surface area contributed by atoms with Crippen molar-refractivity contribution in [2.75, 3.05) is 33.4 Å². The lowest BCUT2D eigenvalue weighted by Crippen LogP contribution is -2.64. The van der Waals surface area contributed by atoms with Crippen LogP contribution < -0.4 is 4.74 Å². The zero-order valence-corrected chi connectivity index (χ0v) is 15.2. The van der Waals surface area contributed by atoms with Gasteiger partial charge in [0.1, 0.15) is 5.75 Å². The predicted octanol–water partition coefficient (Wildman–Crippen LogP) is 2.40. The van der Waals surface area contributed by atoms with Crippen molar-refractivity contribution in [2.24, 2.45) is 0 Å². The number of ether oxygens (including phenoxy) is 2. The van der Waals surface area contributed by atoms with Crippen LogP contribution in [0, 0.1) is 0 Å². The average molecular weight is 344 g/mol. The van der Waals surface area contributed by atoms with Gasteiger partial charge in [-0.25, -0.2) is 0 Å². The second-order valence-electron chi connectivity index (χ2n) is 7.63. The highest BCUT2D eigenvalue weighted by atomic mass is 16.5. The molecule has 0 bridgehead atoms. The van der Waals surface area contributed by atoms with E-state index in [1.165, 1.54) is 18.4 Å². The molecule has 5 heteroatoms. The third kappa shape index (κ3) is 3.04. The third-order valence-corrected chi connectivity index (χ3v) is 6.05. The molecule has 2 heterocycles. The number of piperidine rings is 1. The molecule has 25 heavy (non-hydrogen) atoms. The number of hydrogen-bond donors (Lipinski definition) is 0. The summed E-state index contributed by atoms with van der Waals surface area (Å²) in [6.07, 6.45) is 4.69. The second-order valence-corrected chi connectivity index (χ2v) is 7.63. The lowest BCUT2D eigenvalue weighted by atomic mass is 9.83. The van der Waals surface area contributed by atoms with Crippen molar-refractivity contribution >= 4 is 5.91 Å². The Balaban J connectivity index is 1.57. The molecule has 0 spiro atoms. The third-order valence-electron chi connectivity index (χ3n) is 6.05. The summed E-state index contributed by atoms with van der Waals surface area (Å²) >= 11 is 0. The van der Waals surface area contributed by atoms with Crippen molar-refractivity contribution in [3.63, 3.8) is 0 Å². The van der Waals surface area contributed by atoms with E-state index in [2.05, 4.69) is 29.2 Å². The fraction of sp³-hybridized carbons (Fsp3) is 0.650. The number of rotatable bonds is 5. The maximum absolute atomic E-state index is 11.6. The van der Waals surface area contributed by atoms with E-state index in [1.54, 1.807) is 14.0 Å². The summed E-state index contributed by atoms with van der Waals surface area (Å²) in [6.45, 7) is 4.97. The molecule has 136 valence electrons. The lowest BCUT2D eigenvalue weighted by molar-refractivity contribution is -0.170. The van der Waals surface area contributed by atoms with Crippen molar-refractivity contribution in [3.05, 3.63) is 29.8 Å². The summed E-state index contributed by atoms with van der Waals surface area (Å²) in [5.41, 5.74) is 1.33. The Morgan fingerprint density at radius 1 is 1.12 bits per heavy atom. The number of amides is 1. The first-order valence-corrected chi connectivity index (χ1v) is 9.40. The van der Waals surface area contributed by atoms with Crippen molar-refractivity contribution in [2.45, 2.75) is 50.2 Å². The minimum atomic E-state index is -0.00347. The molecule has 0 N–H and O–H groups in total. The molecule has 1 aromatic rings. The molecule has 0 atom stereocenters. The number of nitrogens with zero attached hydrogens (tertiary/aromatic N) is 2. The molecule has 3 aliphatic rings. The van der Waals surface area contributed by atoms with Gasteiger partial charge in [0.15, 0.2) is 0 Å². The molecule has 1 aliphatic carbocycles. The number of likely N-dealkylation sites (tertiary alicyclic amines) is 1. The monoisotopic (exact) mass is 344 g/mol. The molecule has 0 aromatic heterocycles. The van der Waals surface area contributed by atoms with Gasteiger partial charge < -0.3 is 14.4 Å². The van der Waals surface area contributed by atoms with E-state index in [0.29, 0.717) is 12.1 Å². The first-order chi connectivity index (χ1) is 12.1. The quantitative estimate of drug-likeness (QED) is 0.823. The Labute approximate surface area is 149 Å². The standard InChI is InChI=1S/C20H28N2O3/c1-15(23)21-11-9-18(10-12-21)22(17-5-6-17)20(13-25-14-20)16-3-7-19(24-2)8-4-16/h3-4,7-8,17-18H,5-6,9-14H2,1-2H3. The van der Waals surface area contributed by atoms with Gasteiger partial charge >= 0.3 is 0 Å². The van der Waals surface area contributed by atoms with Gasteiger partial charge in [-0.1, -0.05) is 12.1 Å². The predicted molar refractivity (Wildman–Crippen MR) is 95.6 cm³/mol. The number of hydrogen-bond acceptors (Lipinski definition) is 4. The van der Waals surface area contributed by atoms with Crippen LogP contribution >= 0.6 is 0 Å². The van der Waals surface area contributed by atoms with Crippen molar-refractivity contribution in [1.29, 1.82) is 0 Å². The Hall–Kier alpha value is -1.59. The molecule has 0 unspecified atom stereocenters. The van der Waals surface area contributed by atoms with E-state index in [9.17, 15) is 4.79 Å². The van der Waals surface area contributed by atoms with Crippen LogP contribution in [0.25, 0.3) is 0 Å². The normalized spacial score (nSPS) is 23.4. The zero-order chi connectivity index (χ0) is 17.4. The summed E-state index contributed by atoms with van der Waals surface area (Å²) < 4.78 is 11.0. The molecule has 1 amide bonds. The van der Waals surface area contributed by atoms with Gasteiger partial charge in [-0.15, -0.1) is 0 Å². The molecule has 2 aliphatic heterocycles. The average Bonchev–Trinajstić information content (AvgIpc) is 3.43. The maximum atomic E-state index is 11.6. The van der Waals surface area contributed by atoms with Crippen LogP contribution in [0.5, 0.6) is 5.75 Å². The number of carbonyl (C=O) groups is 1. The topological polar surface area (TPSA) is 42.0 Å². The van der Waals surface area contributed by atoms with Crippen LogP contribution in [-0.4, -0.2) is 61.2 Å². The molecule has 0 radical (unpaired) electrons. The molecule has 1 saturated carbocycles. The van der Waals surface area contributed by atoms with Gasteiger partial charge in [-0.05, 0) is 43.4 Å². The zero-order valence-electron chi connectivity index (χ0n) is 15.2. The molecule has 1 aromatic carbocycles. The highest BCUT2D eigenvalue weighted by Crippen LogP contribution is 2.46. The Morgan fingerprint density at radius 3 is 2.16 bits per heavy atom. The first-order valence-electron chi connectivity index (χ1n) is 9.40. The van der Waals surface area contributed by atoms with Crippen LogP contribution in [-0.2, 0) is 15.1 Å². The molecule has 4 rings (SSSR count). The van der Waals surface area contributed by atoms with E-state index in [4.69, 9.17) is 9.47 Å². The van der Waals surface area contributed by atoms with Gasteiger partial charge in [0.05, 0.1) is 25.9 Å². The fourth-order valence-corrected chi connectivity index (χ4v) is 4.47. The van der Waals surface area contributed by atoms with Crippen LogP contribution in [0.2, 0.25) is 0 Å². The van der Waals surface area contributed by atoms with Gasteiger partial charge in [0.25, 0.3) is 0 Å². The summed E-state index contributed by atoms with van der Waals surface area (Å²) in [4.78, 5) is 16.4. The number of methoxy groups -OCH3 is 1. The highest BCUT2D eigenvalue weighted by molar-refractivity contribution is 5.73. The van der Waals surface area contributed by atoms with Crippen LogP contribution in [0.15, 0.2) is 24.3 Å². The molecular weight excluding hydrogens is 316 g/mol. The van der Waals surface area contributed by atoms with Crippen molar-refractivity contribution < 1.29 is 14.3 Å². The maximum Gasteiger partial charge on any atom is 0.219 e. The van der Waals surface area contributed by atoms with Crippen LogP contribution in [0.1, 0.15) is 38.2 Å². The Kier molecular flexibility index (Phi) is 4.46.